The third-order valence-electron chi connectivity index (χ3n) is 3.38. The fourth-order valence-electron chi connectivity index (χ4n) is 2.45. The molecule has 9 heteroatoms. The van der Waals surface area contributed by atoms with Gasteiger partial charge < -0.3 is 20.5 Å². The quantitative estimate of drug-likeness (QED) is 0.705. The van der Waals surface area contributed by atoms with Crippen LogP contribution in [-0.2, 0) is 9.53 Å². The van der Waals surface area contributed by atoms with Crippen LogP contribution in [0.4, 0.5) is 5.82 Å². The van der Waals surface area contributed by atoms with Crippen molar-refractivity contribution in [3.63, 3.8) is 0 Å². The van der Waals surface area contributed by atoms with E-state index in [1.807, 2.05) is 0 Å². The van der Waals surface area contributed by atoms with Crippen molar-refractivity contribution < 1.29 is 14.6 Å². The number of aromatic nitrogens is 4. The van der Waals surface area contributed by atoms with Gasteiger partial charge in [-0.3, -0.25) is 9.36 Å². The first kappa shape index (κ1) is 14.8. The van der Waals surface area contributed by atoms with Gasteiger partial charge in [-0.25, -0.2) is 15.0 Å². The highest BCUT2D eigenvalue weighted by Crippen LogP contribution is 2.24. The van der Waals surface area contributed by atoms with Crippen LogP contribution in [-0.4, -0.2) is 56.3 Å². The summed E-state index contributed by atoms with van der Waals surface area (Å²) in [4.78, 5) is 24.2. The van der Waals surface area contributed by atoms with Crippen molar-refractivity contribution in [3.05, 3.63) is 12.2 Å². The topological polar surface area (TPSA) is 114 Å². The Hall–Kier alpha value is -2.10. The van der Waals surface area contributed by atoms with E-state index in [4.69, 9.17) is 4.74 Å². The average Bonchev–Trinajstić information content (AvgIpc) is 2.90. The molecule has 2 aromatic heterocycles. The summed E-state index contributed by atoms with van der Waals surface area (Å²) in [6.07, 6.45) is 1.01. The molecule has 3 N–H and O–H groups in total. The SMILES string of the molecule is CC(=O)Nc1nc(C)nc2c1ncn2C1CNCC(CO)O1. The number of fused-ring (bicyclic) bond motifs is 1. The Labute approximate surface area is 126 Å². The lowest BCUT2D eigenvalue weighted by molar-refractivity contribution is -0.114. The molecule has 1 amide bonds. The molecule has 1 saturated heterocycles. The van der Waals surface area contributed by atoms with Gasteiger partial charge in [0.05, 0.1) is 19.0 Å². The van der Waals surface area contributed by atoms with Crippen molar-refractivity contribution in [2.24, 2.45) is 0 Å². The molecule has 1 aliphatic heterocycles. The molecule has 0 aliphatic carbocycles. The Balaban J connectivity index is 2.00. The largest absolute Gasteiger partial charge is 0.394 e. The summed E-state index contributed by atoms with van der Waals surface area (Å²) in [6.45, 7) is 4.30. The Morgan fingerprint density at radius 1 is 1.55 bits per heavy atom. The molecule has 2 atom stereocenters. The first-order valence-electron chi connectivity index (χ1n) is 7.04. The molecular formula is C13H18N6O3. The summed E-state index contributed by atoms with van der Waals surface area (Å²) in [5.74, 6) is 0.696. The highest BCUT2D eigenvalue weighted by molar-refractivity contribution is 5.95. The zero-order valence-corrected chi connectivity index (χ0v) is 12.4. The van der Waals surface area contributed by atoms with Crippen LogP contribution in [0.5, 0.6) is 0 Å². The highest BCUT2D eigenvalue weighted by atomic mass is 16.5. The summed E-state index contributed by atoms with van der Waals surface area (Å²) in [6, 6.07) is 0. The van der Waals surface area contributed by atoms with Gasteiger partial charge >= 0.3 is 0 Å². The number of ether oxygens (including phenoxy) is 1. The third kappa shape index (κ3) is 2.78. The molecule has 22 heavy (non-hydrogen) atoms. The maximum Gasteiger partial charge on any atom is 0.222 e. The predicted octanol–water partition coefficient (Wildman–Crippen LogP) is -0.428. The first-order chi connectivity index (χ1) is 10.6. The van der Waals surface area contributed by atoms with Crippen LogP contribution < -0.4 is 10.6 Å². The van der Waals surface area contributed by atoms with E-state index in [1.165, 1.54) is 6.92 Å². The molecule has 3 rings (SSSR count). The van der Waals surface area contributed by atoms with Gasteiger partial charge in [0.25, 0.3) is 0 Å². The minimum absolute atomic E-state index is 0.0543. The van der Waals surface area contributed by atoms with Crippen molar-refractivity contribution in [1.82, 2.24) is 24.8 Å². The molecular weight excluding hydrogens is 288 g/mol. The van der Waals surface area contributed by atoms with Gasteiger partial charge in [0.15, 0.2) is 17.0 Å². The lowest BCUT2D eigenvalue weighted by Crippen LogP contribution is -2.44. The van der Waals surface area contributed by atoms with Gasteiger partial charge in [-0.05, 0) is 6.92 Å². The third-order valence-corrected chi connectivity index (χ3v) is 3.38. The minimum atomic E-state index is -0.324. The second kappa shape index (κ2) is 5.95. The van der Waals surface area contributed by atoms with Crippen LogP contribution in [0.3, 0.4) is 0 Å². The number of nitrogens with zero attached hydrogens (tertiary/aromatic N) is 4. The van der Waals surface area contributed by atoms with E-state index in [0.29, 0.717) is 35.9 Å². The van der Waals surface area contributed by atoms with Crippen molar-refractivity contribution in [2.45, 2.75) is 26.2 Å². The van der Waals surface area contributed by atoms with Gasteiger partial charge in [0, 0.05) is 20.0 Å². The van der Waals surface area contributed by atoms with E-state index in [9.17, 15) is 9.90 Å². The molecule has 1 aliphatic rings. The van der Waals surface area contributed by atoms with Gasteiger partial charge in [-0.15, -0.1) is 0 Å². The van der Waals surface area contributed by atoms with Crippen LogP contribution in [0.2, 0.25) is 0 Å². The van der Waals surface area contributed by atoms with E-state index in [1.54, 1.807) is 17.8 Å². The van der Waals surface area contributed by atoms with E-state index in [2.05, 4.69) is 25.6 Å². The summed E-state index contributed by atoms with van der Waals surface area (Å²) < 4.78 is 7.59. The number of aliphatic hydroxyl groups is 1. The molecule has 0 radical (unpaired) electrons. The first-order valence-corrected chi connectivity index (χ1v) is 7.04. The number of imidazole rings is 1. The molecule has 3 heterocycles. The van der Waals surface area contributed by atoms with Crippen molar-refractivity contribution in [2.75, 3.05) is 25.0 Å². The smallest absolute Gasteiger partial charge is 0.222 e. The number of carbonyl (C=O) groups is 1. The molecule has 0 aromatic carbocycles. The number of morpholine rings is 1. The Morgan fingerprint density at radius 2 is 2.36 bits per heavy atom. The van der Waals surface area contributed by atoms with E-state index >= 15 is 0 Å². The average molecular weight is 306 g/mol. The Bertz CT molecular complexity index is 700. The zero-order valence-electron chi connectivity index (χ0n) is 12.4. The second-order valence-electron chi connectivity index (χ2n) is 5.18. The van der Waals surface area contributed by atoms with Crippen molar-refractivity contribution in [3.8, 4) is 0 Å². The number of rotatable bonds is 3. The second-order valence-corrected chi connectivity index (χ2v) is 5.18. The number of hydrogen-bond acceptors (Lipinski definition) is 7. The summed E-state index contributed by atoms with van der Waals surface area (Å²) in [7, 11) is 0. The minimum Gasteiger partial charge on any atom is -0.394 e. The normalized spacial score (nSPS) is 22.0. The van der Waals surface area contributed by atoms with Gasteiger partial charge in [0.1, 0.15) is 12.1 Å². The molecule has 2 aromatic rings. The van der Waals surface area contributed by atoms with Crippen LogP contribution in [0.25, 0.3) is 11.2 Å². The Morgan fingerprint density at radius 3 is 3.09 bits per heavy atom. The van der Waals surface area contributed by atoms with E-state index in [0.717, 1.165) is 0 Å². The molecule has 0 bridgehead atoms. The maximum absolute atomic E-state index is 11.3. The van der Waals surface area contributed by atoms with Crippen LogP contribution in [0.15, 0.2) is 6.33 Å². The maximum atomic E-state index is 11.3. The van der Waals surface area contributed by atoms with E-state index < -0.39 is 0 Å². The zero-order chi connectivity index (χ0) is 15.7. The monoisotopic (exact) mass is 306 g/mol. The fraction of sp³-hybridized carbons (Fsp3) is 0.538. The van der Waals surface area contributed by atoms with Crippen LogP contribution >= 0.6 is 0 Å². The molecule has 118 valence electrons. The van der Waals surface area contributed by atoms with Gasteiger partial charge in [0.2, 0.25) is 5.91 Å². The number of hydrogen-bond donors (Lipinski definition) is 3. The van der Waals surface area contributed by atoms with Crippen molar-refractivity contribution >= 4 is 22.9 Å². The fourth-order valence-corrected chi connectivity index (χ4v) is 2.45. The summed E-state index contributed by atoms with van der Waals surface area (Å²) in [5.41, 5.74) is 1.09. The van der Waals surface area contributed by atoms with Gasteiger partial charge in [-0.2, -0.15) is 0 Å². The summed E-state index contributed by atoms with van der Waals surface area (Å²) >= 11 is 0. The van der Waals surface area contributed by atoms with Crippen LogP contribution in [0.1, 0.15) is 19.0 Å². The lowest BCUT2D eigenvalue weighted by Gasteiger charge is -2.30. The van der Waals surface area contributed by atoms with E-state index in [-0.39, 0.29) is 24.8 Å². The molecule has 0 spiro atoms. The molecule has 1 fully saturated rings. The number of carbonyl (C=O) groups excluding carboxylic acids is 1. The number of amides is 1. The number of aryl methyl sites for hydroxylation is 1. The molecule has 0 saturated carbocycles. The van der Waals surface area contributed by atoms with Crippen molar-refractivity contribution in [1.29, 1.82) is 0 Å². The predicted molar refractivity (Wildman–Crippen MR) is 78.2 cm³/mol. The van der Waals surface area contributed by atoms with Gasteiger partial charge in [-0.1, -0.05) is 0 Å². The summed E-state index contributed by atoms with van der Waals surface area (Å²) in [5, 5.41) is 15.1. The number of aliphatic hydroxyl groups excluding tert-OH is 1. The lowest BCUT2D eigenvalue weighted by atomic mass is 10.3. The molecule has 9 nitrogen and oxygen atoms in total. The Kier molecular flexibility index (Phi) is 4.01. The molecule has 2 unspecified atom stereocenters. The number of anilines is 1. The van der Waals surface area contributed by atoms with Crippen LogP contribution in [0, 0.1) is 6.92 Å². The number of nitrogens with one attached hydrogen (secondary N) is 2. The standard InChI is InChI=1S/C13H18N6O3/c1-7-16-12(18-8(2)21)11-13(17-7)19(6-15-11)10-4-14-3-9(5-20)22-10/h6,9-10,14,20H,3-5H2,1-2H3,(H,16,17,18,21). The highest BCUT2D eigenvalue weighted by Gasteiger charge is 2.25.